The van der Waals surface area contributed by atoms with Crippen molar-refractivity contribution >= 4 is 0 Å². The van der Waals surface area contributed by atoms with Crippen molar-refractivity contribution in [3.8, 4) is 0 Å². The molecule has 0 bridgehead atoms. The number of benzene rings is 1. The molecule has 0 heterocycles. The molecule has 22 heavy (non-hydrogen) atoms. The molecule has 0 aliphatic carbocycles. The summed E-state index contributed by atoms with van der Waals surface area (Å²) < 4.78 is 5.65. The van der Waals surface area contributed by atoms with Crippen molar-refractivity contribution in [3.05, 3.63) is 35.9 Å². The van der Waals surface area contributed by atoms with Crippen LogP contribution in [0, 0.1) is 0 Å². The predicted molar refractivity (Wildman–Crippen MR) is 89.8 cm³/mol. The molecule has 0 spiro atoms. The molecule has 4 heteroatoms. The van der Waals surface area contributed by atoms with E-state index in [9.17, 15) is 5.11 Å². The van der Waals surface area contributed by atoms with E-state index in [1.807, 2.05) is 39.0 Å². The predicted octanol–water partition coefficient (Wildman–Crippen LogP) is 2.44. The second-order valence-corrected chi connectivity index (χ2v) is 6.73. The fourth-order valence-electron chi connectivity index (χ4n) is 2.22. The third-order valence-corrected chi connectivity index (χ3v) is 3.31. The number of hydrogen-bond donors (Lipinski definition) is 2. The quantitative estimate of drug-likeness (QED) is 0.652. The Hall–Kier alpha value is -0.940. The summed E-state index contributed by atoms with van der Waals surface area (Å²) in [5.41, 5.74) is 0.998. The van der Waals surface area contributed by atoms with Gasteiger partial charge in [0.1, 0.15) is 0 Å². The van der Waals surface area contributed by atoms with Gasteiger partial charge in [-0.1, -0.05) is 30.3 Å². The molecule has 126 valence electrons. The van der Waals surface area contributed by atoms with Gasteiger partial charge in [-0.05, 0) is 45.7 Å². The molecule has 0 radical (unpaired) electrons. The first-order chi connectivity index (χ1) is 10.4. The lowest BCUT2D eigenvalue weighted by atomic mass is 10.1. The molecule has 4 nitrogen and oxygen atoms in total. The molecule has 0 amide bonds. The Labute approximate surface area is 134 Å². The molecule has 1 aromatic rings. The Morgan fingerprint density at radius 1 is 1.14 bits per heavy atom. The van der Waals surface area contributed by atoms with Crippen LogP contribution in [-0.4, -0.2) is 53.1 Å². The standard InChI is InChI=1S/C18H31NO3/c1-18(2,3)22-15-17(21)14-19(11-7-8-12-20)13-16-9-5-4-6-10-16/h4-6,9-10,17,20-21H,7-8,11-15H2,1-3H3. The zero-order valence-electron chi connectivity index (χ0n) is 14.2. The van der Waals surface area contributed by atoms with Crippen LogP contribution >= 0.6 is 0 Å². The van der Waals surface area contributed by atoms with Crippen LogP contribution in [0.5, 0.6) is 0 Å². The van der Waals surface area contributed by atoms with Crippen LogP contribution in [0.1, 0.15) is 39.2 Å². The van der Waals surface area contributed by atoms with Crippen LogP contribution in [0.2, 0.25) is 0 Å². The molecule has 1 aromatic carbocycles. The van der Waals surface area contributed by atoms with E-state index >= 15 is 0 Å². The van der Waals surface area contributed by atoms with E-state index in [4.69, 9.17) is 9.84 Å². The highest BCUT2D eigenvalue weighted by atomic mass is 16.5. The molecule has 0 saturated heterocycles. The first-order valence-corrected chi connectivity index (χ1v) is 8.10. The number of aliphatic hydroxyl groups excluding tert-OH is 2. The molecule has 0 fully saturated rings. The van der Waals surface area contributed by atoms with Gasteiger partial charge in [0.2, 0.25) is 0 Å². The van der Waals surface area contributed by atoms with Gasteiger partial charge in [-0.2, -0.15) is 0 Å². The molecule has 1 unspecified atom stereocenters. The van der Waals surface area contributed by atoms with Crippen molar-refractivity contribution in [3.63, 3.8) is 0 Å². The number of nitrogens with zero attached hydrogens (tertiary/aromatic N) is 1. The molecule has 0 saturated carbocycles. The third-order valence-electron chi connectivity index (χ3n) is 3.31. The summed E-state index contributed by atoms with van der Waals surface area (Å²) in [6, 6.07) is 10.3. The van der Waals surface area contributed by atoms with E-state index in [2.05, 4.69) is 17.0 Å². The highest BCUT2D eigenvalue weighted by molar-refractivity contribution is 5.14. The minimum absolute atomic E-state index is 0.217. The third kappa shape index (κ3) is 9.15. The van der Waals surface area contributed by atoms with Crippen LogP contribution in [0.3, 0.4) is 0 Å². The largest absolute Gasteiger partial charge is 0.396 e. The molecule has 0 aliphatic heterocycles. The Balaban J connectivity index is 2.49. The van der Waals surface area contributed by atoms with Crippen molar-refractivity contribution < 1.29 is 14.9 Å². The smallest absolute Gasteiger partial charge is 0.0900 e. The average molecular weight is 309 g/mol. The molecule has 0 aliphatic rings. The topological polar surface area (TPSA) is 52.9 Å². The monoisotopic (exact) mass is 309 g/mol. The fourth-order valence-corrected chi connectivity index (χ4v) is 2.22. The maximum atomic E-state index is 10.2. The van der Waals surface area contributed by atoms with Crippen molar-refractivity contribution in [1.29, 1.82) is 0 Å². The number of rotatable bonds is 10. The van der Waals surface area contributed by atoms with Crippen LogP contribution in [0.25, 0.3) is 0 Å². The second-order valence-electron chi connectivity index (χ2n) is 6.73. The van der Waals surface area contributed by atoms with Crippen LogP contribution in [-0.2, 0) is 11.3 Å². The normalized spacial score (nSPS) is 13.5. The molecule has 0 aromatic heterocycles. The summed E-state index contributed by atoms with van der Waals surface area (Å²) in [5.74, 6) is 0. The first-order valence-electron chi connectivity index (χ1n) is 8.10. The zero-order valence-corrected chi connectivity index (χ0v) is 14.2. The molecule has 1 atom stereocenters. The van der Waals surface area contributed by atoms with Crippen LogP contribution in [0.15, 0.2) is 30.3 Å². The highest BCUT2D eigenvalue weighted by Gasteiger charge is 2.16. The van der Waals surface area contributed by atoms with Gasteiger partial charge in [-0.15, -0.1) is 0 Å². The minimum Gasteiger partial charge on any atom is -0.396 e. The van der Waals surface area contributed by atoms with Gasteiger partial charge in [0.05, 0.1) is 18.3 Å². The van der Waals surface area contributed by atoms with Crippen molar-refractivity contribution in [2.24, 2.45) is 0 Å². The number of hydrogen-bond acceptors (Lipinski definition) is 4. The zero-order chi connectivity index (χ0) is 16.4. The summed E-state index contributed by atoms with van der Waals surface area (Å²) in [4.78, 5) is 2.22. The van der Waals surface area contributed by atoms with Gasteiger partial charge in [-0.3, -0.25) is 4.90 Å². The summed E-state index contributed by atoms with van der Waals surface area (Å²) in [6.07, 6.45) is 1.22. The van der Waals surface area contributed by atoms with Crippen LogP contribution in [0.4, 0.5) is 0 Å². The highest BCUT2D eigenvalue weighted by Crippen LogP contribution is 2.10. The van der Waals surface area contributed by atoms with Crippen molar-refractivity contribution in [2.75, 3.05) is 26.3 Å². The van der Waals surface area contributed by atoms with E-state index in [1.165, 1.54) is 5.56 Å². The Morgan fingerprint density at radius 2 is 1.82 bits per heavy atom. The van der Waals surface area contributed by atoms with E-state index in [1.54, 1.807) is 0 Å². The Morgan fingerprint density at radius 3 is 2.41 bits per heavy atom. The number of unbranched alkanes of at least 4 members (excludes halogenated alkanes) is 1. The first kappa shape index (κ1) is 19.1. The van der Waals surface area contributed by atoms with Crippen LogP contribution < -0.4 is 0 Å². The van der Waals surface area contributed by atoms with E-state index in [0.29, 0.717) is 13.2 Å². The lowest BCUT2D eigenvalue weighted by molar-refractivity contribution is -0.0567. The molecule has 1 rings (SSSR count). The fraction of sp³-hybridized carbons (Fsp3) is 0.667. The van der Waals surface area contributed by atoms with Gasteiger partial charge in [0.25, 0.3) is 0 Å². The van der Waals surface area contributed by atoms with Gasteiger partial charge < -0.3 is 14.9 Å². The maximum Gasteiger partial charge on any atom is 0.0900 e. The summed E-state index contributed by atoms with van der Waals surface area (Å²) in [6.45, 7) is 8.77. The lowest BCUT2D eigenvalue weighted by Crippen LogP contribution is -2.37. The summed E-state index contributed by atoms with van der Waals surface area (Å²) in [5, 5.41) is 19.1. The number of ether oxygens (including phenoxy) is 1. The summed E-state index contributed by atoms with van der Waals surface area (Å²) in [7, 11) is 0. The van der Waals surface area contributed by atoms with E-state index in [0.717, 1.165) is 25.9 Å². The average Bonchev–Trinajstić information content (AvgIpc) is 2.46. The van der Waals surface area contributed by atoms with Crippen molar-refractivity contribution in [1.82, 2.24) is 4.90 Å². The lowest BCUT2D eigenvalue weighted by Gasteiger charge is -2.27. The van der Waals surface area contributed by atoms with Gasteiger partial charge >= 0.3 is 0 Å². The maximum absolute atomic E-state index is 10.2. The van der Waals surface area contributed by atoms with E-state index < -0.39 is 6.10 Å². The van der Waals surface area contributed by atoms with Gasteiger partial charge in [-0.25, -0.2) is 0 Å². The van der Waals surface area contributed by atoms with Gasteiger partial charge in [0.15, 0.2) is 0 Å². The van der Waals surface area contributed by atoms with Gasteiger partial charge in [0, 0.05) is 19.7 Å². The number of aliphatic hydroxyl groups is 2. The molecular weight excluding hydrogens is 278 g/mol. The molecular formula is C18H31NO3. The minimum atomic E-state index is -0.503. The Kier molecular flexibility index (Phi) is 8.64. The molecule has 2 N–H and O–H groups in total. The van der Waals surface area contributed by atoms with Crippen molar-refractivity contribution in [2.45, 2.75) is 51.9 Å². The van der Waals surface area contributed by atoms with E-state index in [-0.39, 0.29) is 12.2 Å². The Bertz CT molecular complexity index is 389. The second kappa shape index (κ2) is 9.95. The summed E-state index contributed by atoms with van der Waals surface area (Å²) >= 11 is 0. The SMILES string of the molecule is CC(C)(C)OCC(O)CN(CCCCO)Cc1ccccc1.